The van der Waals surface area contributed by atoms with Gasteiger partial charge in [-0.2, -0.15) is 0 Å². The van der Waals surface area contributed by atoms with Crippen molar-refractivity contribution in [2.24, 2.45) is 13.0 Å². The molecular formula is C16H24N4O5S. The number of aryl methyl sites for hydroxylation is 1. The van der Waals surface area contributed by atoms with Gasteiger partial charge < -0.3 is 14.8 Å². The summed E-state index contributed by atoms with van der Waals surface area (Å²) >= 11 is 0. The summed E-state index contributed by atoms with van der Waals surface area (Å²) in [6.45, 7) is 0.544. The normalized spacial score (nSPS) is 16.3. The predicted octanol–water partition coefficient (Wildman–Crippen LogP) is -0.303. The molecule has 2 heterocycles. The molecule has 0 aromatic carbocycles. The fraction of sp³-hybridized carbons (Fsp3) is 0.562. The first-order valence-corrected chi connectivity index (χ1v) is 10.0. The van der Waals surface area contributed by atoms with Gasteiger partial charge in [0.05, 0.1) is 11.8 Å². The predicted molar refractivity (Wildman–Crippen MR) is 97.5 cm³/mol. The zero-order chi connectivity index (χ0) is 19.6. The Morgan fingerprint density at radius 1 is 1.23 bits per heavy atom. The first-order valence-electron chi connectivity index (χ1n) is 8.19. The minimum absolute atomic E-state index is 0.0377. The summed E-state index contributed by atoms with van der Waals surface area (Å²) in [5.74, 6) is -1.01. The molecule has 10 heteroatoms. The average Bonchev–Trinajstić information content (AvgIpc) is 2.57. The van der Waals surface area contributed by atoms with Crippen molar-refractivity contribution in [1.82, 2.24) is 13.8 Å². The first-order chi connectivity index (χ1) is 12.0. The highest BCUT2D eigenvalue weighted by molar-refractivity contribution is 7.88. The molecule has 9 nitrogen and oxygen atoms in total. The maximum absolute atomic E-state index is 12.5. The lowest BCUT2D eigenvalue weighted by molar-refractivity contribution is -0.120. The zero-order valence-electron chi connectivity index (χ0n) is 15.4. The van der Waals surface area contributed by atoms with Gasteiger partial charge in [0, 0.05) is 46.3 Å². The van der Waals surface area contributed by atoms with E-state index in [9.17, 15) is 22.8 Å². The number of pyridine rings is 1. The molecule has 2 rings (SSSR count). The van der Waals surface area contributed by atoms with Crippen LogP contribution in [0.5, 0.6) is 0 Å². The van der Waals surface area contributed by atoms with Crippen molar-refractivity contribution >= 4 is 27.5 Å². The van der Waals surface area contributed by atoms with Crippen LogP contribution in [-0.2, 0) is 21.9 Å². The van der Waals surface area contributed by atoms with Crippen LogP contribution >= 0.6 is 0 Å². The second kappa shape index (κ2) is 7.58. The Balaban J connectivity index is 2.15. The number of carbonyl (C=O) groups excluding carboxylic acids is 2. The van der Waals surface area contributed by atoms with E-state index >= 15 is 0 Å². The van der Waals surface area contributed by atoms with Crippen LogP contribution in [-0.4, -0.2) is 67.4 Å². The summed E-state index contributed by atoms with van der Waals surface area (Å²) in [5.41, 5.74) is -0.0859. The highest BCUT2D eigenvalue weighted by atomic mass is 32.2. The molecule has 0 aliphatic carbocycles. The lowest BCUT2D eigenvalue weighted by atomic mass is 9.97. The van der Waals surface area contributed by atoms with E-state index in [1.54, 1.807) is 14.1 Å². The number of piperidine rings is 1. The number of aromatic nitrogens is 1. The molecule has 0 saturated carbocycles. The number of hydrogen-bond acceptors (Lipinski definition) is 5. The standard InChI is InChI=1S/C16H24N4O5S/c1-18(2)15(22)12-9-13(16(23)19(3)10-12)17-14(21)11-5-7-20(8-6-11)26(4,24)25/h9-11H,5-8H2,1-4H3,(H,17,21). The Bertz CT molecular complexity index is 867. The number of amides is 2. The van der Waals surface area contributed by atoms with Crippen LogP contribution in [0.4, 0.5) is 5.69 Å². The van der Waals surface area contributed by atoms with Gasteiger partial charge in [0.25, 0.3) is 11.5 Å². The highest BCUT2D eigenvalue weighted by Crippen LogP contribution is 2.20. The van der Waals surface area contributed by atoms with Gasteiger partial charge in [0.2, 0.25) is 15.9 Å². The molecule has 26 heavy (non-hydrogen) atoms. The van der Waals surface area contributed by atoms with Crippen LogP contribution < -0.4 is 10.9 Å². The third-order valence-electron chi connectivity index (χ3n) is 4.39. The molecule has 1 N–H and O–H groups in total. The molecule has 1 saturated heterocycles. The van der Waals surface area contributed by atoms with Gasteiger partial charge in [-0.05, 0) is 18.9 Å². The summed E-state index contributed by atoms with van der Waals surface area (Å²) in [7, 11) is 1.44. The van der Waals surface area contributed by atoms with E-state index in [1.165, 1.54) is 33.1 Å². The van der Waals surface area contributed by atoms with Crippen LogP contribution in [0.2, 0.25) is 0 Å². The van der Waals surface area contributed by atoms with Crippen molar-refractivity contribution in [3.63, 3.8) is 0 Å². The van der Waals surface area contributed by atoms with Gasteiger partial charge in [-0.1, -0.05) is 0 Å². The van der Waals surface area contributed by atoms with E-state index in [0.717, 1.165) is 6.26 Å². The molecule has 1 fully saturated rings. The molecule has 1 aromatic heterocycles. The maximum atomic E-state index is 12.5. The maximum Gasteiger partial charge on any atom is 0.274 e. The molecule has 1 aromatic rings. The molecule has 0 bridgehead atoms. The van der Waals surface area contributed by atoms with Crippen molar-refractivity contribution in [2.45, 2.75) is 12.8 Å². The van der Waals surface area contributed by atoms with Crippen LogP contribution in [0.3, 0.4) is 0 Å². The van der Waals surface area contributed by atoms with Crippen LogP contribution in [0.25, 0.3) is 0 Å². The Hall–Kier alpha value is -2.20. The number of carbonyl (C=O) groups is 2. The quantitative estimate of drug-likeness (QED) is 0.766. The molecule has 0 unspecified atom stereocenters. The third kappa shape index (κ3) is 4.50. The molecule has 2 amide bonds. The molecule has 0 spiro atoms. The summed E-state index contributed by atoms with van der Waals surface area (Å²) in [6, 6.07) is 1.37. The Morgan fingerprint density at radius 2 is 1.81 bits per heavy atom. The molecule has 144 valence electrons. The topological polar surface area (TPSA) is 109 Å². The van der Waals surface area contributed by atoms with Crippen LogP contribution in [0.15, 0.2) is 17.1 Å². The minimum atomic E-state index is -3.26. The highest BCUT2D eigenvalue weighted by Gasteiger charge is 2.29. The summed E-state index contributed by atoms with van der Waals surface area (Å²) in [6.07, 6.45) is 3.33. The van der Waals surface area contributed by atoms with Gasteiger partial charge >= 0.3 is 0 Å². The number of nitrogens with one attached hydrogen (secondary N) is 1. The minimum Gasteiger partial charge on any atom is -0.345 e. The molecule has 0 radical (unpaired) electrons. The smallest absolute Gasteiger partial charge is 0.274 e. The number of sulfonamides is 1. The van der Waals surface area contributed by atoms with Gasteiger partial charge in [-0.15, -0.1) is 0 Å². The summed E-state index contributed by atoms with van der Waals surface area (Å²) in [4.78, 5) is 38.2. The number of anilines is 1. The molecule has 1 aliphatic rings. The van der Waals surface area contributed by atoms with Crippen molar-refractivity contribution in [1.29, 1.82) is 0 Å². The van der Waals surface area contributed by atoms with E-state index < -0.39 is 15.6 Å². The third-order valence-corrected chi connectivity index (χ3v) is 5.69. The second-order valence-corrected chi connectivity index (χ2v) is 8.67. The van der Waals surface area contributed by atoms with Gasteiger partial charge in [-0.25, -0.2) is 12.7 Å². The fourth-order valence-corrected chi connectivity index (χ4v) is 3.73. The number of hydrogen-bond donors (Lipinski definition) is 1. The van der Waals surface area contributed by atoms with Crippen molar-refractivity contribution in [2.75, 3.05) is 38.8 Å². The monoisotopic (exact) mass is 384 g/mol. The second-order valence-electron chi connectivity index (χ2n) is 6.68. The van der Waals surface area contributed by atoms with Crippen molar-refractivity contribution in [3.8, 4) is 0 Å². The van der Waals surface area contributed by atoms with E-state index in [2.05, 4.69) is 5.32 Å². The molecular weight excluding hydrogens is 360 g/mol. The Labute approximate surface area is 152 Å². The lowest BCUT2D eigenvalue weighted by Crippen LogP contribution is -2.41. The summed E-state index contributed by atoms with van der Waals surface area (Å²) in [5, 5.41) is 2.60. The van der Waals surface area contributed by atoms with Crippen LogP contribution in [0.1, 0.15) is 23.2 Å². The van der Waals surface area contributed by atoms with Gasteiger partial charge in [0.15, 0.2) is 0 Å². The molecule has 0 atom stereocenters. The van der Waals surface area contributed by atoms with Gasteiger partial charge in [0.1, 0.15) is 5.69 Å². The van der Waals surface area contributed by atoms with E-state index in [1.807, 2.05) is 0 Å². The van der Waals surface area contributed by atoms with E-state index in [4.69, 9.17) is 0 Å². The lowest BCUT2D eigenvalue weighted by Gasteiger charge is -2.29. The Morgan fingerprint density at radius 3 is 2.31 bits per heavy atom. The summed E-state index contributed by atoms with van der Waals surface area (Å²) < 4.78 is 25.7. The Kier molecular flexibility index (Phi) is 5.87. The zero-order valence-corrected chi connectivity index (χ0v) is 16.2. The molecule has 1 aliphatic heterocycles. The van der Waals surface area contributed by atoms with Crippen LogP contribution in [0, 0.1) is 5.92 Å². The van der Waals surface area contributed by atoms with Crippen molar-refractivity contribution < 1.29 is 18.0 Å². The van der Waals surface area contributed by atoms with E-state index in [-0.39, 0.29) is 36.5 Å². The number of rotatable bonds is 4. The fourth-order valence-electron chi connectivity index (χ4n) is 2.86. The average molecular weight is 384 g/mol. The largest absolute Gasteiger partial charge is 0.345 e. The van der Waals surface area contributed by atoms with Gasteiger partial charge in [-0.3, -0.25) is 14.4 Å². The van der Waals surface area contributed by atoms with E-state index in [0.29, 0.717) is 18.4 Å². The number of nitrogens with zero attached hydrogens (tertiary/aromatic N) is 3. The van der Waals surface area contributed by atoms with Crippen molar-refractivity contribution in [3.05, 3.63) is 28.2 Å². The SMILES string of the molecule is CN(C)C(=O)c1cc(NC(=O)C2CCN(S(C)(=O)=O)CC2)c(=O)n(C)c1. The first kappa shape index (κ1) is 20.1.